The highest BCUT2D eigenvalue weighted by Gasteiger charge is 2.12. The molecule has 0 fully saturated rings. The van der Waals surface area contributed by atoms with Gasteiger partial charge in [0.15, 0.2) is 11.5 Å². The summed E-state index contributed by atoms with van der Waals surface area (Å²) < 4.78 is 25.5. The number of rotatable bonds is 9. The van der Waals surface area contributed by atoms with Crippen molar-refractivity contribution in [3.63, 3.8) is 0 Å². The molecule has 31 heavy (non-hydrogen) atoms. The van der Waals surface area contributed by atoms with E-state index in [0.717, 1.165) is 21.2 Å². The van der Waals surface area contributed by atoms with Crippen LogP contribution in [0.4, 0.5) is 4.39 Å². The van der Waals surface area contributed by atoms with Gasteiger partial charge in [0.2, 0.25) is 0 Å². The molecule has 0 saturated heterocycles. The summed E-state index contributed by atoms with van der Waals surface area (Å²) in [5.41, 5.74) is 5.39. The summed E-state index contributed by atoms with van der Waals surface area (Å²) in [5, 5.41) is 5.41. The van der Waals surface area contributed by atoms with Gasteiger partial charge in [0, 0.05) is 15.6 Å². The Labute approximate surface area is 199 Å². The van der Waals surface area contributed by atoms with Crippen molar-refractivity contribution in [2.45, 2.75) is 20.1 Å². The lowest BCUT2D eigenvalue weighted by molar-refractivity contribution is 0.267. The summed E-state index contributed by atoms with van der Waals surface area (Å²) in [4.78, 5) is 0. The van der Waals surface area contributed by atoms with E-state index >= 15 is 0 Å². The van der Waals surface area contributed by atoms with Crippen LogP contribution in [0.1, 0.15) is 23.6 Å². The van der Waals surface area contributed by atoms with E-state index in [1.165, 1.54) is 12.1 Å². The van der Waals surface area contributed by atoms with Crippen molar-refractivity contribution >= 4 is 45.3 Å². The van der Waals surface area contributed by atoms with Crippen LogP contribution in [0.25, 0.3) is 0 Å². The molecule has 1 N–H and O–H groups in total. The molecule has 3 aromatic carbocycles. The summed E-state index contributed by atoms with van der Waals surface area (Å²) >= 11 is 15.9. The molecule has 0 aliphatic carbocycles. The molecule has 8 heteroatoms. The third-order valence-electron chi connectivity index (χ3n) is 4.25. The van der Waals surface area contributed by atoms with Crippen molar-refractivity contribution in [3.05, 3.63) is 91.6 Å². The van der Waals surface area contributed by atoms with Crippen LogP contribution < -0.4 is 14.9 Å². The number of hydrogen-bond donors (Lipinski definition) is 1. The second kappa shape index (κ2) is 11.4. The topological polar surface area (TPSA) is 42.8 Å². The Hall–Kier alpha value is -2.28. The van der Waals surface area contributed by atoms with E-state index in [9.17, 15) is 4.39 Å². The van der Waals surface area contributed by atoms with Crippen molar-refractivity contribution in [1.29, 1.82) is 0 Å². The van der Waals surface area contributed by atoms with Gasteiger partial charge in [0.05, 0.1) is 23.8 Å². The largest absolute Gasteiger partial charge is 0.490 e. The number of hydrogen-bond acceptors (Lipinski definition) is 4. The molecule has 0 aliphatic rings. The quantitative estimate of drug-likeness (QED) is 0.241. The number of ether oxygens (including phenoxy) is 2. The van der Waals surface area contributed by atoms with E-state index in [1.807, 2.05) is 19.1 Å². The van der Waals surface area contributed by atoms with Gasteiger partial charge in [-0.3, -0.25) is 0 Å². The highest BCUT2D eigenvalue weighted by Crippen LogP contribution is 2.37. The summed E-state index contributed by atoms with van der Waals surface area (Å²) in [7, 11) is 0. The minimum atomic E-state index is -0.283. The molecule has 3 rings (SSSR count). The zero-order valence-corrected chi connectivity index (χ0v) is 19.8. The smallest absolute Gasteiger partial charge is 0.175 e. The molecule has 0 atom stereocenters. The molecule has 162 valence electrons. The number of nitrogens with zero attached hydrogens (tertiary/aromatic N) is 1. The molecule has 0 unspecified atom stereocenters. The Morgan fingerprint density at radius 3 is 2.45 bits per heavy atom. The first-order valence-corrected chi connectivity index (χ1v) is 11.0. The van der Waals surface area contributed by atoms with E-state index < -0.39 is 0 Å². The predicted octanol–water partition coefficient (Wildman–Crippen LogP) is 7.00. The first-order chi connectivity index (χ1) is 15.0. The van der Waals surface area contributed by atoms with Crippen molar-refractivity contribution in [1.82, 2.24) is 5.43 Å². The van der Waals surface area contributed by atoms with Gasteiger partial charge in [-0.15, -0.1) is 0 Å². The molecule has 0 spiro atoms. The molecular formula is C23H20BrCl2FN2O2. The molecule has 0 radical (unpaired) electrons. The first kappa shape index (κ1) is 23.4. The van der Waals surface area contributed by atoms with Crippen LogP contribution >= 0.6 is 39.1 Å². The van der Waals surface area contributed by atoms with Gasteiger partial charge >= 0.3 is 0 Å². The summed E-state index contributed by atoms with van der Waals surface area (Å²) in [6.07, 6.45) is 1.67. The SMILES string of the molecule is CCOc1cc(/C=N/NCc2c(Cl)cccc2Cl)cc(Br)c1OCc1ccc(F)cc1. The summed E-state index contributed by atoms with van der Waals surface area (Å²) in [6.45, 7) is 3.05. The molecular weight excluding hydrogens is 506 g/mol. The van der Waals surface area contributed by atoms with Crippen LogP contribution in [0.3, 0.4) is 0 Å². The molecule has 3 aromatic rings. The van der Waals surface area contributed by atoms with Crippen LogP contribution in [-0.4, -0.2) is 12.8 Å². The zero-order chi connectivity index (χ0) is 22.2. The average molecular weight is 526 g/mol. The lowest BCUT2D eigenvalue weighted by Crippen LogP contribution is -2.07. The van der Waals surface area contributed by atoms with E-state index in [1.54, 1.807) is 36.5 Å². The van der Waals surface area contributed by atoms with Gasteiger partial charge in [-0.25, -0.2) is 4.39 Å². The normalized spacial score (nSPS) is 11.0. The van der Waals surface area contributed by atoms with Crippen LogP contribution in [0.15, 0.2) is 64.2 Å². The molecule has 4 nitrogen and oxygen atoms in total. The fraction of sp³-hybridized carbons (Fsp3) is 0.174. The van der Waals surface area contributed by atoms with Gasteiger partial charge in [-0.2, -0.15) is 5.10 Å². The van der Waals surface area contributed by atoms with Crippen molar-refractivity contribution in [3.8, 4) is 11.5 Å². The van der Waals surface area contributed by atoms with Crippen molar-refractivity contribution in [2.75, 3.05) is 6.61 Å². The highest BCUT2D eigenvalue weighted by atomic mass is 79.9. The number of benzene rings is 3. The van der Waals surface area contributed by atoms with Gasteiger partial charge in [0.25, 0.3) is 0 Å². The average Bonchev–Trinajstić information content (AvgIpc) is 2.74. The Morgan fingerprint density at radius 2 is 1.77 bits per heavy atom. The third-order valence-corrected chi connectivity index (χ3v) is 5.55. The maximum atomic E-state index is 13.1. The number of nitrogens with one attached hydrogen (secondary N) is 1. The Kier molecular flexibility index (Phi) is 8.58. The number of halogens is 4. The zero-order valence-electron chi connectivity index (χ0n) is 16.7. The van der Waals surface area contributed by atoms with Gasteiger partial charge < -0.3 is 14.9 Å². The molecule has 0 bridgehead atoms. The van der Waals surface area contributed by atoms with Gasteiger partial charge in [-0.05, 0) is 70.4 Å². The monoisotopic (exact) mass is 524 g/mol. The van der Waals surface area contributed by atoms with Crippen molar-refractivity contribution in [2.24, 2.45) is 5.10 Å². The van der Waals surface area contributed by atoms with Gasteiger partial charge in [-0.1, -0.05) is 41.4 Å². The minimum Gasteiger partial charge on any atom is -0.490 e. The van der Waals surface area contributed by atoms with E-state index in [-0.39, 0.29) is 12.4 Å². The standard InChI is InChI=1S/C23H20BrCl2FN2O2/c1-2-30-22-11-16(12-28-29-13-18-20(25)4-3-5-21(18)26)10-19(24)23(22)31-14-15-6-8-17(27)9-7-15/h3-12,29H,2,13-14H2,1H3/b28-12+. The van der Waals surface area contributed by atoms with Crippen LogP contribution in [0, 0.1) is 5.82 Å². The maximum Gasteiger partial charge on any atom is 0.175 e. The fourth-order valence-corrected chi connectivity index (χ4v) is 3.85. The maximum absolute atomic E-state index is 13.1. The summed E-state index contributed by atoms with van der Waals surface area (Å²) in [6, 6.07) is 15.2. The predicted molar refractivity (Wildman–Crippen MR) is 127 cm³/mol. The van der Waals surface area contributed by atoms with Gasteiger partial charge in [0.1, 0.15) is 12.4 Å². The second-order valence-electron chi connectivity index (χ2n) is 6.47. The Bertz CT molecular complexity index is 1040. The van der Waals surface area contributed by atoms with E-state index in [2.05, 4.69) is 26.5 Å². The van der Waals surface area contributed by atoms with Crippen LogP contribution in [0.2, 0.25) is 10.0 Å². The Balaban J connectivity index is 1.70. The van der Waals surface area contributed by atoms with E-state index in [4.69, 9.17) is 32.7 Å². The first-order valence-electron chi connectivity index (χ1n) is 9.50. The van der Waals surface area contributed by atoms with Crippen LogP contribution in [-0.2, 0) is 13.2 Å². The lowest BCUT2D eigenvalue weighted by atomic mass is 10.2. The molecule has 0 aromatic heterocycles. The molecule has 0 aliphatic heterocycles. The highest BCUT2D eigenvalue weighted by molar-refractivity contribution is 9.10. The summed E-state index contributed by atoms with van der Waals surface area (Å²) in [5.74, 6) is 0.864. The molecule has 0 heterocycles. The molecule has 0 amide bonds. The third kappa shape index (κ3) is 6.60. The molecule has 0 saturated carbocycles. The second-order valence-corrected chi connectivity index (χ2v) is 8.14. The lowest BCUT2D eigenvalue weighted by Gasteiger charge is -2.14. The number of hydrazone groups is 1. The van der Waals surface area contributed by atoms with Crippen molar-refractivity contribution < 1.29 is 13.9 Å². The minimum absolute atomic E-state index is 0.283. The van der Waals surface area contributed by atoms with Crippen LogP contribution in [0.5, 0.6) is 11.5 Å². The Morgan fingerprint density at radius 1 is 1.06 bits per heavy atom. The fourth-order valence-electron chi connectivity index (χ4n) is 2.75. The van der Waals surface area contributed by atoms with E-state index in [0.29, 0.717) is 34.7 Å².